The van der Waals surface area contributed by atoms with Gasteiger partial charge in [0, 0.05) is 30.2 Å². The third-order valence-corrected chi connectivity index (χ3v) is 3.95. The normalized spacial score (nSPS) is 20.1. The van der Waals surface area contributed by atoms with Crippen molar-refractivity contribution in [3.63, 3.8) is 0 Å². The molecule has 0 radical (unpaired) electrons. The van der Waals surface area contributed by atoms with Gasteiger partial charge in [0.05, 0.1) is 15.6 Å². The molecule has 2 nitrogen and oxygen atoms in total. The fourth-order valence-electron chi connectivity index (χ4n) is 2.45. The molecular formula is C12H12Cl2N2. The van der Waals surface area contributed by atoms with Crippen LogP contribution in [0, 0.1) is 0 Å². The van der Waals surface area contributed by atoms with E-state index in [9.17, 15) is 0 Å². The van der Waals surface area contributed by atoms with Crippen LogP contribution in [-0.2, 0) is 6.54 Å². The van der Waals surface area contributed by atoms with Crippen LogP contribution in [0.3, 0.4) is 0 Å². The standard InChI is InChI=1S/C12H12Cl2N2/c1-7-5-15-6-9-4-8-2-3-10(13)11(14)12(8)16(7)9/h2-4,7,15H,5-6H2,1H3/t7-/m1/s1. The Morgan fingerprint density at radius 1 is 1.38 bits per heavy atom. The minimum absolute atomic E-state index is 0.414. The van der Waals surface area contributed by atoms with E-state index in [-0.39, 0.29) is 0 Å². The van der Waals surface area contributed by atoms with E-state index >= 15 is 0 Å². The maximum absolute atomic E-state index is 6.30. The van der Waals surface area contributed by atoms with Crippen molar-refractivity contribution in [3.8, 4) is 0 Å². The molecule has 2 heterocycles. The van der Waals surface area contributed by atoms with Crippen molar-refractivity contribution in [2.24, 2.45) is 0 Å². The van der Waals surface area contributed by atoms with Crippen LogP contribution in [0.5, 0.6) is 0 Å². The zero-order valence-electron chi connectivity index (χ0n) is 8.93. The average Bonchev–Trinajstić information content (AvgIpc) is 2.64. The molecule has 4 heteroatoms. The Balaban J connectivity index is 2.40. The first-order valence-corrected chi connectivity index (χ1v) is 6.12. The van der Waals surface area contributed by atoms with Crippen LogP contribution in [-0.4, -0.2) is 11.1 Å². The topological polar surface area (TPSA) is 17.0 Å². The molecule has 16 heavy (non-hydrogen) atoms. The van der Waals surface area contributed by atoms with E-state index in [0.29, 0.717) is 16.1 Å². The van der Waals surface area contributed by atoms with Gasteiger partial charge in [0.15, 0.2) is 0 Å². The summed E-state index contributed by atoms with van der Waals surface area (Å²) in [5.41, 5.74) is 2.34. The number of benzene rings is 1. The van der Waals surface area contributed by atoms with E-state index in [2.05, 4.69) is 22.9 Å². The molecule has 0 unspecified atom stereocenters. The van der Waals surface area contributed by atoms with Gasteiger partial charge in [-0.25, -0.2) is 0 Å². The Hall–Kier alpha value is -0.700. The lowest BCUT2D eigenvalue weighted by molar-refractivity contribution is 0.439. The second-order valence-electron chi connectivity index (χ2n) is 4.28. The lowest BCUT2D eigenvalue weighted by atomic mass is 10.2. The van der Waals surface area contributed by atoms with Crippen LogP contribution >= 0.6 is 23.2 Å². The monoisotopic (exact) mass is 254 g/mol. The molecule has 0 saturated carbocycles. The molecule has 0 spiro atoms. The molecule has 0 aliphatic carbocycles. The zero-order chi connectivity index (χ0) is 11.3. The number of fused-ring (bicyclic) bond motifs is 3. The summed E-state index contributed by atoms with van der Waals surface area (Å²) in [6, 6.07) is 6.48. The van der Waals surface area contributed by atoms with Gasteiger partial charge in [-0.15, -0.1) is 0 Å². The van der Waals surface area contributed by atoms with E-state index in [1.165, 1.54) is 11.1 Å². The van der Waals surface area contributed by atoms with Crippen LogP contribution in [0.15, 0.2) is 18.2 Å². The molecule has 0 saturated heterocycles. The van der Waals surface area contributed by atoms with Crippen molar-refractivity contribution in [1.82, 2.24) is 9.88 Å². The first-order chi connectivity index (χ1) is 7.68. The smallest absolute Gasteiger partial charge is 0.0835 e. The van der Waals surface area contributed by atoms with E-state index < -0.39 is 0 Å². The highest BCUT2D eigenvalue weighted by Gasteiger charge is 2.20. The van der Waals surface area contributed by atoms with Crippen LogP contribution < -0.4 is 5.32 Å². The van der Waals surface area contributed by atoms with Crippen molar-refractivity contribution in [3.05, 3.63) is 33.9 Å². The summed E-state index contributed by atoms with van der Waals surface area (Å²) >= 11 is 12.4. The predicted octanol–water partition coefficient (Wildman–Crippen LogP) is 3.61. The highest BCUT2D eigenvalue weighted by atomic mass is 35.5. The highest BCUT2D eigenvalue weighted by Crippen LogP contribution is 2.35. The van der Waals surface area contributed by atoms with Crippen LogP contribution in [0.2, 0.25) is 10.0 Å². The van der Waals surface area contributed by atoms with E-state index in [1.807, 2.05) is 12.1 Å². The fourth-order valence-corrected chi connectivity index (χ4v) is 2.86. The summed E-state index contributed by atoms with van der Waals surface area (Å²) in [6.45, 7) is 4.05. The number of hydrogen-bond donors (Lipinski definition) is 1. The molecule has 1 aliphatic rings. The van der Waals surface area contributed by atoms with Gasteiger partial charge in [0.25, 0.3) is 0 Å². The predicted molar refractivity (Wildman–Crippen MR) is 68.4 cm³/mol. The maximum Gasteiger partial charge on any atom is 0.0835 e. The molecule has 2 aromatic rings. The molecule has 1 aliphatic heterocycles. The fraction of sp³-hybridized carbons (Fsp3) is 0.333. The summed E-state index contributed by atoms with van der Waals surface area (Å²) in [6.07, 6.45) is 0. The number of nitrogens with one attached hydrogen (secondary N) is 1. The van der Waals surface area contributed by atoms with Gasteiger partial charge in [-0.2, -0.15) is 0 Å². The van der Waals surface area contributed by atoms with Crippen molar-refractivity contribution >= 4 is 34.1 Å². The number of hydrogen-bond acceptors (Lipinski definition) is 1. The van der Waals surface area contributed by atoms with Gasteiger partial charge in [0.1, 0.15) is 0 Å². The van der Waals surface area contributed by atoms with Gasteiger partial charge in [-0.05, 0) is 19.1 Å². The summed E-state index contributed by atoms with van der Waals surface area (Å²) in [5.74, 6) is 0. The minimum Gasteiger partial charge on any atom is -0.338 e. The van der Waals surface area contributed by atoms with E-state index in [4.69, 9.17) is 23.2 Å². The maximum atomic E-state index is 6.30. The van der Waals surface area contributed by atoms with E-state index in [1.54, 1.807) is 0 Å². The molecule has 3 rings (SSSR count). The average molecular weight is 255 g/mol. The Morgan fingerprint density at radius 3 is 3.00 bits per heavy atom. The first-order valence-electron chi connectivity index (χ1n) is 5.37. The Labute approximate surface area is 104 Å². The molecule has 0 amide bonds. The van der Waals surface area contributed by atoms with Crippen molar-refractivity contribution < 1.29 is 0 Å². The van der Waals surface area contributed by atoms with Crippen molar-refractivity contribution in [2.45, 2.75) is 19.5 Å². The quantitative estimate of drug-likeness (QED) is 0.760. The second-order valence-corrected chi connectivity index (χ2v) is 5.07. The highest BCUT2D eigenvalue weighted by molar-refractivity contribution is 6.45. The van der Waals surface area contributed by atoms with Gasteiger partial charge in [-0.1, -0.05) is 29.3 Å². The van der Waals surface area contributed by atoms with Crippen LogP contribution in [0.4, 0.5) is 0 Å². The first kappa shape index (κ1) is 10.5. The second kappa shape index (κ2) is 3.66. The largest absolute Gasteiger partial charge is 0.338 e. The van der Waals surface area contributed by atoms with Crippen LogP contribution in [0.1, 0.15) is 18.7 Å². The van der Waals surface area contributed by atoms with Gasteiger partial charge >= 0.3 is 0 Å². The molecule has 1 atom stereocenters. The number of rotatable bonds is 0. The third-order valence-electron chi connectivity index (χ3n) is 3.16. The SMILES string of the molecule is C[C@@H]1CNCc2cc3ccc(Cl)c(Cl)c3n21. The number of halogens is 2. The molecular weight excluding hydrogens is 243 g/mol. The molecule has 0 fully saturated rings. The number of nitrogens with zero attached hydrogens (tertiary/aromatic N) is 1. The zero-order valence-corrected chi connectivity index (χ0v) is 10.4. The Bertz CT molecular complexity index is 560. The molecule has 0 bridgehead atoms. The van der Waals surface area contributed by atoms with Crippen LogP contribution in [0.25, 0.3) is 10.9 Å². The third kappa shape index (κ3) is 1.37. The van der Waals surface area contributed by atoms with E-state index in [0.717, 1.165) is 18.6 Å². The Kier molecular flexibility index (Phi) is 2.39. The molecule has 84 valence electrons. The van der Waals surface area contributed by atoms with Gasteiger partial charge in [0.2, 0.25) is 0 Å². The summed E-state index contributed by atoms with van der Waals surface area (Å²) in [7, 11) is 0. The lowest BCUT2D eigenvalue weighted by Gasteiger charge is -2.25. The van der Waals surface area contributed by atoms with Crippen molar-refractivity contribution in [1.29, 1.82) is 0 Å². The molecule has 1 aromatic heterocycles. The van der Waals surface area contributed by atoms with Crippen molar-refractivity contribution in [2.75, 3.05) is 6.54 Å². The minimum atomic E-state index is 0.414. The summed E-state index contributed by atoms with van der Waals surface area (Å²) < 4.78 is 2.29. The summed E-state index contributed by atoms with van der Waals surface area (Å²) in [4.78, 5) is 0. The Morgan fingerprint density at radius 2 is 2.19 bits per heavy atom. The molecule has 1 aromatic carbocycles. The van der Waals surface area contributed by atoms with Gasteiger partial charge in [-0.3, -0.25) is 0 Å². The lowest BCUT2D eigenvalue weighted by Crippen LogP contribution is -2.30. The molecule has 1 N–H and O–H groups in total. The number of aromatic nitrogens is 1. The van der Waals surface area contributed by atoms with Gasteiger partial charge < -0.3 is 9.88 Å². The summed E-state index contributed by atoms with van der Waals surface area (Å²) in [5, 5.41) is 5.85.